The molecular formula is C14H12BrNO4. The zero-order valence-corrected chi connectivity index (χ0v) is 12.0. The van der Waals surface area contributed by atoms with Gasteiger partial charge in [0.1, 0.15) is 24.7 Å². The summed E-state index contributed by atoms with van der Waals surface area (Å²) in [5, 5.41) is 8.83. The van der Waals surface area contributed by atoms with Crippen molar-refractivity contribution in [3.8, 4) is 11.5 Å². The van der Waals surface area contributed by atoms with E-state index in [1.165, 1.54) is 18.5 Å². The van der Waals surface area contributed by atoms with E-state index in [0.29, 0.717) is 19.0 Å². The normalized spacial score (nSPS) is 10.1. The van der Waals surface area contributed by atoms with Crippen LogP contribution in [0.15, 0.2) is 47.2 Å². The number of rotatable bonds is 6. The lowest BCUT2D eigenvalue weighted by atomic mass is 10.3. The van der Waals surface area contributed by atoms with Crippen LogP contribution < -0.4 is 9.47 Å². The minimum Gasteiger partial charge on any atom is -0.490 e. The largest absolute Gasteiger partial charge is 0.490 e. The molecule has 0 fully saturated rings. The number of halogens is 1. The second-order valence-corrected chi connectivity index (χ2v) is 4.78. The third-order valence-electron chi connectivity index (χ3n) is 2.39. The van der Waals surface area contributed by atoms with E-state index in [1.807, 2.05) is 24.3 Å². The number of ether oxygens (including phenoxy) is 2. The van der Waals surface area contributed by atoms with E-state index in [1.54, 1.807) is 0 Å². The highest BCUT2D eigenvalue weighted by Crippen LogP contribution is 2.16. The minimum absolute atomic E-state index is 0.0938. The van der Waals surface area contributed by atoms with Crippen LogP contribution in [0.3, 0.4) is 0 Å². The Kier molecular flexibility index (Phi) is 4.95. The number of carbonyl (C=O) groups is 1. The van der Waals surface area contributed by atoms with Crippen LogP contribution in [0.25, 0.3) is 0 Å². The molecule has 104 valence electrons. The Morgan fingerprint density at radius 1 is 1.10 bits per heavy atom. The molecule has 6 heteroatoms. The van der Waals surface area contributed by atoms with Gasteiger partial charge < -0.3 is 14.6 Å². The van der Waals surface area contributed by atoms with Crippen LogP contribution in [-0.4, -0.2) is 29.3 Å². The van der Waals surface area contributed by atoms with Crippen LogP contribution in [0.2, 0.25) is 0 Å². The summed E-state index contributed by atoms with van der Waals surface area (Å²) >= 11 is 3.34. The Bertz CT molecular complexity index is 586. The van der Waals surface area contributed by atoms with Crippen molar-refractivity contribution in [3.05, 3.63) is 52.8 Å². The Balaban J connectivity index is 1.79. The monoisotopic (exact) mass is 337 g/mol. The molecule has 0 aliphatic heterocycles. The summed E-state index contributed by atoms with van der Waals surface area (Å²) in [6.07, 6.45) is 2.74. The molecule has 2 rings (SSSR count). The van der Waals surface area contributed by atoms with E-state index >= 15 is 0 Å². The summed E-state index contributed by atoms with van der Waals surface area (Å²) in [7, 11) is 0. The van der Waals surface area contributed by atoms with Gasteiger partial charge in [0.15, 0.2) is 0 Å². The van der Waals surface area contributed by atoms with Crippen molar-refractivity contribution >= 4 is 21.9 Å². The number of nitrogens with zero attached hydrogens (tertiary/aromatic N) is 1. The quantitative estimate of drug-likeness (QED) is 0.820. The number of hydrogen-bond acceptors (Lipinski definition) is 4. The first-order valence-electron chi connectivity index (χ1n) is 5.84. The molecule has 0 unspecified atom stereocenters. The number of carboxylic acids is 1. The van der Waals surface area contributed by atoms with Crippen LogP contribution in [-0.2, 0) is 0 Å². The van der Waals surface area contributed by atoms with Crippen molar-refractivity contribution in [2.24, 2.45) is 0 Å². The molecular weight excluding hydrogens is 326 g/mol. The van der Waals surface area contributed by atoms with Crippen molar-refractivity contribution in [2.45, 2.75) is 0 Å². The molecule has 0 saturated heterocycles. The standard InChI is InChI=1S/C14H12BrNO4/c15-11-1-3-12(4-2-11)19-5-6-20-13-7-10(14(17)18)8-16-9-13/h1-4,7-9H,5-6H2,(H,17,18). The van der Waals surface area contributed by atoms with Gasteiger partial charge in [-0.05, 0) is 30.3 Å². The SMILES string of the molecule is O=C(O)c1cncc(OCCOc2ccc(Br)cc2)c1. The Hall–Kier alpha value is -2.08. The molecule has 1 heterocycles. The van der Waals surface area contributed by atoms with Crippen molar-refractivity contribution in [1.82, 2.24) is 4.98 Å². The lowest BCUT2D eigenvalue weighted by Crippen LogP contribution is -2.09. The zero-order chi connectivity index (χ0) is 14.4. The maximum Gasteiger partial charge on any atom is 0.337 e. The second-order valence-electron chi connectivity index (χ2n) is 3.87. The molecule has 0 saturated carbocycles. The first-order chi connectivity index (χ1) is 9.65. The molecule has 0 atom stereocenters. The maximum atomic E-state index is 10.8. The van der Waals surface area contributed by atoms with Gasteiger partial charge in [-0.3, -0.25) is 4.98 Å². The highest BCUT2D eigenvalue weighted by Gasteiger charge is 2.04. The molecule has 1 aromatic heterocycles. The predicted molar refractivity (Wildman–Crippen MR) is 76.3 cm³/mol. The summed E-state index contributed by atoms with van der Waals surface area (Å²) in [6, 6.07) is 8.88. The number of aromatic nitrogens is 1. The zero-order valence-electron chi connectivity index (χ0n) is 10.5. The van der Waals surface area contributed by atoms with Crippen LogP contribution in [0.1, 0.15) is 10.4 Å². The molecule has 1 aromatic carbocycles. The average Bonchev–Trinajstić information content (AvgIpc) is 2.46. The highest BCUT2D eigenvalue weighted by atomic mass is 79.9. The van der Waals surface area contributed by atoms with Gasteiger partial charge in [0.2, 0.25) is 0 Å². The van der Waals surface area contributed by atoms with Gasteiger partial charge in [0.25, 0.3) is 0 Å². The third-order valence-corrected chi connectivity index (χ3v) is 2.92. The Morgan fingerprint density at radius 2 is 1.75 bits per heavy atom. The van der Waals surface area contributed by atoms with E-state index in [9.17, 15) is 4.79 Å². The average molecular weight is 338 g/mol. The van der Waals surface area contributed by atoms with Crippen molar-refractivity contribution in [1.29, 1.82) is 0 Å². The molecule has 2 aromatic rings. The van der Waals surface area contributed by atoms with E-state index < -0.39 is 5.97 Å². The summed E-state index contributed by atoms with van der Waals surface area (Å²) in [4.78, 5) is 14.6. The van der Waals surface area contributed by atoms with Gasteiger partial charge in [0, 0.05) is 10.7 Å². The van der Waals surface area contributed by atoms with E-state index in [2.05, 4.69) is 20.9 Å². The first-order valence-corrected chi connectivity index (χ1v) is 6.64. The molecule has 0 aliphatic rings. The van der Waals surface area contributed by atoms with Gasteiger partial charge in [-0.2, -0.15) is 0 Å². The van der Waals surface area contributed by atoms with Crippen LogP contribution in [0.4, 0.5) is 0 Å². The fourth-order valence-corrected chi connectivity index (χ4v) is 1.73. The molecule has 20 heavy (non-hydrogen) atoms. The van der Waals surface area contributed by atoms with Crippen molar-refractivity contribution in [3.63, 3.8) is 0 Å². The molecule has 0 bridgehead atoms. The van der Waals surface area contributed by atoms with Gasteiger partial charge in [-0.1, -0.05) is 15.9 Å². The minimum atomic E-state index is -1.03. The van der Waals surface area contributed by atoms with E-state index in [0.717, 1.165) is 10.2 Å². The fourth-order valence-electron chi connectivity index (χ4n) is 1.46. The second kappa shape index (κ2) is 6.91. The molecule has 1 N–H and O–H groups in total. The number of pyridine rings is 1. The number of carboxylic acid groups (broad SMARTS) is 1. The summed E-state index contributed by atoms with van der Waals surface area (Å²) in [5.41, 5.74) is 0.0938. The summed E-state index contributed by atoms with van der Waals surface area (Å²) in [5.74, 6) is 0.118. The molecule has 5 nitrogen and oxygen atoms in total. The van der Waals surface area contributed by atoms with Gasteiger partial charge in [0.05, 0.1) is 11.8 Å². The molecule has 0 amide bonds. The maximum absolute atomic E-state index is 10.8. The van der Waals surface area contributed by atoms with Crippen LogP contribution in [0.5, 0.6) is 11.5 Å². The third kappa shape index (κ3) is 4.24. The van der Waals surface area contributed by atoms with Crippen molar-refractivity contribution in [2.75, 3.05) is 13.2 Å². The van der Waals surface area contributed by atoms with E-state index in [-0.39, 0.29) is 5.56 Å². The summed E-state index contributed by atoms with van der Waals surface area (Å²) in [6.45, 7) is 0.666. The number of aromatic carboxylic acids is 1. The highest BCUT2D eigenvalue weighted by molar-refractivity contribution is 9.10. The van der Waals surface area contributed by atoms with Crippen molar-refractivity contribution < 1.29 is 19.4 Å². The molecule has 0 radical (unpaired) electrons. The molecule has 0 spiro atoms. The topological polar surface area (TPSA) is 68.7 Å². The Labute approximate surface area is 124 Å². The van der Waals surface area contributed by atoms with Crippen LogP contribution in [0, 0.1) is 0 Å². The summed E-state index contributed by atoms with van der Waals surface area (Å²) < 4.78 is 11.8. The smallest absolute Gasteiger partial charge is 0.337 e. The lowest BCUT2D eigenvalue weighted by Gasteiger charge is -2.08. The van der Waals surface area contributed by atoms with Gasteiger partial charge in [-0.15, -0.1) is 0 Å². The lowest BCUT2D eigenvalue weighted by molar-refractivity contribution is 0.0696. The predicted octanol–water partition coefficient (Wildman–Crippen LogP) is 3.00. The molecule has 0 aliphatic carbocycles. The van der Waals surface area contributed by atoms with Gasteiger partial charge in [-0.25, -0.2) is 4.79 Å². The van der Waals surface area contributed by atoms with Crippen LogP contribution >= 0.6 is 15.9 Å². The number of benzene rings is 1. The number of hydrogen-bond donors (Lipinski definition) is 1. The van der Waals surface area contributed by atoms with E-state index in [4.69, 9.17) is 14.6 Å². The van der Waals surface area contributed by atoms with Gasteiger partial charge >= 0.3 is 5.97 Å². The fraction of sp³-hybridized carbons (Fsp3) is 0.143. The Morgan fingerprint density at radius 3 is 2.40 bits per heavy atom. The first kappa shape index (κ1) is 14.3.